The number of carbonyl (C=O) groups is 2. The zero-order valence-corrected chi connectivity index (χ0v) is 14.0. The summed E-state index contributed by atoms with van der Waals surface area (Å²) >= 11 is 0. The molecule has 2 aliphatic rings. The number of carbonyl (C=O) groups excluding carboxylic acids is 2. The SMILES string of the molecule is N#CN1CC[C@@]2(C1)Oc1nc(C(=O)Nc3ccc(F)cc3)ccc1NC2=O. The van der Waals surface area contributed by atoms with Gasteiger partial charge in [-0.05, 0) is 36.4 Å². The number of fused-ring (bicyclic) bond motifs is 1. The first kappa shape index (κ1) is 16.8. The van der Waals surface area contributed by atoms with Crippen LogP contribution in [-0.2, 0) is 4.79 Å². The molecule has 0 radical (unpaired) electrons. The molecule has 1 spiro atoms. The number of anilines is 2. The Bertz CT molecular complexity index is 972. The topological polar surface area (TPSA) is 107 Å². The van der Waals surface area contributed by atoms with E-state index in [1.54, 1.807) is 0 Å². The summed E-state index contributed by atoms with van der Waals surface area (Å²) in [4.78, 5) is 30.5. The monoisotopic (exact) mass is 367 g/mol. The van der Waals surface area contributed by atoms with Crippen LogP contribution in [0.5, 0.6) is 5.88 Å². The van der Waals surface area contributed by atoms with Gasteiger partial charge in [-0.25, -0.2) is 9.37 Å². The molecule has 0 unspecified atom stereocenters. The van der Waals surface area contributed by atoms with Crippen LogP contribution in [0.2, 0.25) is 0 Å². The summed E-state index contributed by atoms with van der Waals surface area (Å²) in [5, 5.41) is 14.4. The fraction of sp³-hybridized carbons (Fsp3) is 0.222. The van der Waals surface area contributed by atoms with E-state index < -0.39 is 17.3 Å². The van der Waals surface area contributed by atoms with Crippen molar-refractivity contribution in [1.82, 2.24) is 9.88 Å². The van der Waals surface area contributed by atoms with Crippen LogP contribution < -0.4 is 15.4 Å². The van der Waals surface area contributed by atoms with Gasteiger partial charge in [-0.3, -0.25) is 9.59 Å². The standard InChI is InChI=1S/C18H14FN5O3/c19-11-1-3-12(4-2-11)21-15(25)13-5-6-14-16(22-13)27-18(17(26)23-14)7-8-24(9-18)10-20/h1-6H,7-9H2,(H,21,25)(H,23,26)/t18-/m0/s1. The maximum atomic E-state index is 13.0. The lowest BCUT2D eigenvalue weighted by atomic mass is 10.0. The summed E-state index contributed by atoms with van der Waals surface area (Å²) < 4.78 is 18.8. The van der Waals surface area contributed by atoms with E-state index in [0.717, 1.165) is 0 Å². The van der Waals surface area contributed by atoms with Crippen LogP contribution in [-0.4, -0.2) is 40.4 Å². The van der Waals surface area contributed by atoms with Gasteiger partial charge < -0.3 is 20.3 Å². The minimum atomic E-state index is -1.19. The first-order valence-electron chi connectivity index (χ1n) is 8.22. The minimum absolute atomic E-state index is 0.0829. The van der Waals surface area contributed by atoms with Gasteiger partial charge in [-0.1, -0.05) is 0 Å². The lowest BCUT2D eigenvalue weighted by Crippen LogP contribution is -2.52. The molecule has 1 fully saturated rings. The molecule has 1 aromatic carbocycles. The Kier molecular flexibility index (Phi) is 3.88. The summed E-state index contributed by atoms with van der Waals surface area (Å²) in [5.41, 5.74) is -0.326. The summed E-state index contributed by atoms with van der Waals surface area (Å²) in [6.07, 6.45) is 2.35. The highest BCUT2D eigenvalue weighted by molar-refractivity contribution is 6.04. The number of benzene rings is 1. The smallest absolute Gasteiger partial charge is 0.274 e. The zero-order valence-electron chi connectivity index (χ0n) is 14.0. The molecule has 2 N–H and O–H groups in total. The van der Waals surface area contributed by atoms with Crippen molar-refractivity contribution >= 4 is 23.2 Å². The third-order valence-corrected chi connectivity index (χ3v) is 4.52. The molecule has 9 heteroatoms. The first-order chi connectivity index (χ1) is 13.0. The largest absolute Gasteiger partial charge is 0.457 e. The average Bonchev–Trinajstić information content (AvgIpc) is 3.08. The molecule has 2 aromatic rings. The van der Waals surface area contributed by atoms with E-state index in [-0.39, 0.29) is 24.0 Å². The Hall–Kier alpha value is -3.67. The van der Waals surface area contributed by atoms with Crippen LogP contribution in [0.4, 0.5) is 15.8 Å². The third kappa shape index (κ3) is 3.01. The highest BCUT2D eigenvalue weighted by atomic mass is 19.1. The van der Waals surface area contributed by atoms with Crippen LogP contribution in [0.15, 0.2) is 36.4 Å². The molecule has 0 bridgehead atoms. The summed E-state index contributed by atoms with van der Waals surface area (Å²) in [5.74, 6) is -1.11. The van der Waals surface area contributed by atoms with Gasteiger partial charge in [0.05, 0.1) is 6.54 Å². The maximum Gasteiger partial charge on any atom is 0.274 e. The van der Waals surface area contributed by atoms with Gasteiger partial charge in [-0.2, -0.15) is 5.26 Å². The highest BCUT2D eigenvalue weighted by Crippen LogP contribution is 2.36. The number of halogens is 1. The second-order valence-electron chi connectivity index (χ2n) is 6.33. The Labute approximate surface area is 153 Å². The third-order valence-electron chi connectivity index (χ3n) is 4.52. The number of ether oxygens (including phenoxy) is 1. The second-order valence-corrected chi connectivity index (χ2v) is 6.33. The van der Waals surface area contributed by atoms with E-state index in [4.69, 9.17) is 10.00 Å². The van der Waals surface area contributed by atoms with Crippen molar-refractivity contribution in [3.8, 4) is 12.1 Å². The van der Waals surface area contributed by atoms with E-state index in [9.17, 15) is 14.0 Å². The van der Waals surface area contributed by atoms with Crippen LogP contribution in [0.3, 0.4) is 0 Å². The van der Waals surface area contributed by atoms with Gasteiger partial charge in [0.1, 0.15) is 17.2 Å². The summed E-state index contributed by atoms with van der Waals surface area (Å²) in [6, 6.07) is 8.33. The molecule has 2 aliphatic heterocycles. The molecule has 8 nitrogen and oxygen atoms in total. The molecular formula is C18H14FN5O3. The molecule has 0 aliphatic carbocycles. The molecule has 0 saturated carbocycles. The van der Waals surface area contributed by atoms with Crippen LogP contribution in [0, 0.1) is 17.3 Å². The Balaban J connectivity index is 1.57. The molecule has 2 amide bonds. The number of nitrogens with one attached hydrogen (secondary N) is 2. The van der Waals surface area contributed by atoms with Crippen molar-refractivity contribution in [3.63, 3.8) is 0 Å². The van der Waals surface area contributed by atoms with Gasteiger partial charge in [0.2, 0.25) is 11.5 Å². The number of hydrogen-bond donors (Lipinski definition) is 2. The van der Waals surface area contributed by atoms with Crippen molar-refractivity contribution in [2.75, 3.05) is 23.7 Å². The Morgan fingerprint density at radius 1 is 1.33 bits per heavy atom. The number of nitrogens with zero attached hydrogens (tertiary/aromatic N) is 3. The number of aromatic nitrogens is 1. The predicted molar refractivity (Wildman–Crippen MR) is 92.4 cm³/mol. The van der Waals surface area contributed by atoms with E-state index in [0.29, 0.717) is 24.3 Å². The molecular weight excluding hydrogens is 353 g/mol. The molecule has 1 saturated heterocycles. The number of hydrogen-bond acceptors (Lipinski definition) is 6. The lowest BCUT2D eigenvalue weighted by molar-refractivity contribution is -0.131. The fourth-order valence-electron chi connectivity index (χ4n) is 3.07. The summed E-state index contributed by atoms with van der Waals surface area (Å²) in [7, 11) is 0. The van der Waals surface area contributed by atoms with Crippen molar-refractivity contribution in [2.24, 2.45) is 0 Å². The van der Waals surface area contributed by atoms with Gasteiger partial charge in [-0.15, -0.1) is 0 Å². The predicted octanol–water partition coefficient (Wildman–Crippen LogP) is 1.73. The Morgan fingerprint density at radius 3 is 2.81 bits per heavy atom. The van der Waals surface area contributed by atoms with E-state index in [2.05, 4.69) is 15.6 Å². The van der Waals surface area contributed by atoms with Gasteiger partial charge in [0.25, 0.3) is 11.8 Å². The number of nitriles is 1. The van der Waals surface area contributed by atoms with Crippen molar-refractivity contribution < 1.29 is 18.7 Å². The Morgan fingerprint density at radius 2 is 2.11 bits per heavy atom. The van der Waals surface area contributed by atoms with Gasteiger partial charge in [0, 0.05) is 18.7 Å². The molecule has 136 valence electrons. The fourth-order valence-corrected chi connectivity index (χ4v) is 3.07. The zero-order chi connectivity index (χ0) is 19.0. The number of pyridine rings is 1. The summed E-state index contributed by atoms with van der Waals surface area (Å²) in [6.45, 7) is 0.534. The molecule has 1 atom stereocenters. The second kappa shape index (κ2) is 6.25. The van der Waals surface area contributed by atoms with Crippen molar-refractivity contribution in [2.45, 2.75) is 12.0 Å². The van der Waals surface area contributed by atoms with Crippen molar-refractivity contribution in [1.29, 1.82) is 5.26 Å². The molecule has 27 heavy (non-hydrogen) atoms. The number of amides is 2. The van der Waals surface area contributed by atoms with Crippen LogP contribution in [0.25, 0.3) is 0 Å². The van der Waals surface area contributed by atoms with Crippen molar-refractivity contribution in [3.05, 3.63) is 47.9 Å². The van der Waals surface area contributed by atoms with Gasteiger partial charge >= 0.3 is 0 Å². The molecule has 4 rings (SSSR count). The number of likely N-dealkylation sites (tertiary alicyclic amines) is 1. The number of rotatable bonds is 2. The quantitative estimate of drug-likeness (QED) is 0.783. The molecule has 3 heterocycles. The normalized spacial score (nSPS) is 20.4. The average molecular weight is 367 g/mol. The van der Waals surface area contributed by atoms with Crippen LogP contribution >= 0.6 is 0 Å². The first-order valence-corrected chi connectivity index (χ1v) is 8.22. The minimum Gasteiger partial charge on any atom is -0.457 e. The van der Waals surface area contributed by atoms with Gasteiger partial charge in [0.15, 0.2) is 6.19 Å². The lowest BCUT2D eigenvalue weighted by Gasteiger charge is -2.33. The highest BCUT2D eigenvalue weighted by Gasteiger charge is 2.50. The molecule has 1 aromatic heterocycles. The maximum absolute atomic E-state index is 13.0. The van der Waals surface area contributed by atoms with E-state index in [1.165, 1.54) is 41.3 Å². The van der Waals surface area contributed by atoms with E-state index in [1.807, 2.05) is 6.19 Å². The van der Waals surface area contributed by atoms with Crippen LogP contribution in [0.1, 0.15) is 16.9 Å². The van der Waals surface area contributed by atoms with E-state index >= 15 is 0 Å².